The van der Waals surface area contributed by atoms with Crippen LogP contribution < -0.4 is 15.4 Å². The standard InChI is InChI=1S/C26H17N3OS.C17H12N2OS.C9H9NO/c30-25-21(13-23-19-9-5-4-8-18(19)14-27-23)20-12-17(10-11-22(20)28-25)24-15-31-26(29-24)16-6-2-1-3-7-16;20-16-9-13-8-12(6-7-14(13)18-16)15-10-21-17(19-15)11-4-2-1-3-5-11;1-11-9-8-5-3-2-4-7(8)6-10-9/h1-15,27H,(H,28,30);1-8,10H,9H2,(H,18,20);2-6,10H,1H3/b21-13-;;. The average Bonchev–Trinajstić information content (AvgIpc) is 4.20. The second kappa shape index (κ2) is 17.3. The lowest BCUT2D eigenvalue weighted by Gasteiger charge is -2.03. The fourth-order valence-corrected chi connectivity index (χ4v) is 9.37. The number of thiazole rings is 2. The van der Waals surface area contributed by atoms with Crippen LogP contribution in [0.5, 0.6) is 5.88 Å². The molecule has 63 heavy (non-hydrogen) atoms. The van der Waals surface area contributed by atoms with Crippen LogP contribution in [0.15, 0.2) is 169 Å². The van der Waals surface area contributed by atoms with Crippen molar-refractivity contribution in [3.8, 4) is 49.5 Å². The van der Waals surface area contributed by atoms with Gasteiger partial charge >= 0.3 is 0 Å². The van der Waals surface area contributed by atoms with Gasteiger partial charge in [0.25, 0.3) is 5.91 Å². The number of hydrogen-bond donors (Lipinski definition) is 4. The number of nitrogens with zero attached hydrogens (tertiary/aromatic N) is 2. The zero-order valence-corrected chi connectivity index (χ0v) is 35.5. The van der Waals surface area contributed by atoms with Gasteiger partial charge in [-0.1, -0.05) is 115 Å². The summed E-state index contributed by atoms with van der Waals surface area (Å²) in [7, 11) is 1.66. The summed E-state index contributed by atoms with van der Waals surface area (Å²) in [5, 5.41) is 16.5. The first-order chi connectivity index (χ1) is 31.0. The molecular weight excluding hydrogens is 821 g/mol. The van der Waals surface area contributed by atoms with E-state index in [4.69, 9.17) is 14.7 Å². The molecule has 306 valence electrons. The number of aromatic nitrogens is 4. The summed E-state index contributed by atoms with van der Waals surface area (Å²) in [6, 6.07) is 48.6. The number of fused-ring (bicyclic) bond motifs is 4. The number of ether oxygens (including phenoxy) is 1. The number of rotatable bonds is 6. The third-order valence-corrected chi connectivity index (χ3v) is 12.6. The Morgan fingerprint density at radius 2 is 1.16 bits per heavy atom. The summed E-state index contributed by atoms with van der Waals surface area (Å²) in [6.45, 7) is 0. The molecule has 9 nitrogen and oxygen atoms in total. The molecule has 2 aliphatic rings. The van der Waals surface area contributed by atoms with Gasteiger partial charge in [0.2, 0.25) is 5.91 Å². The summed E-state index contributed by atoms with van der Waals surface area (Å²) >= 11 is 3.26. The van der Waals surface area contributed by atoms with E-state index in [0.29, 0.717) is 12.0 Å². The summed E-state index contributed by atoms with van der Waals surface area (Å²) in [4.78, 5) is 40.0. The van der Waals surface area contributed by atoms with Crippen LogP contribution in [0.1, 0.15) is 16.8 Å². The number of carbonyl (C=O) groups excluding carboxylic acids is 2. The van der Waals surface area contributed by atoms with E-state index in [1.807, 2.05) is 122 Å². The smallest absolute Gasteiger partial charge is 0.256 e. The zero-order valence-electron chi connectivity index (χ0n) is 33.9. The number of carbonyl (C=O) groups is 2. The van der Waals surface area contributed by atoms with Crippen LogP contribution in [0.2, 0.25) is 0 Å². The molecule has 6 aromatic carbocycles. The van der Waals surface area contributed by atoms with Gasteiger partial charge in [-0.05, 0) is 47.4 Å². The van der Waals surface area contributed by atoms with Gasteiger partial charge in [-0.25, -0.2) is 9.97 Å². The van der Waals surface area contributed by atoms with Gasteiger partial charge < -0.3 is 25.3 Å². The minimum absolute atomic E-state index is 0.0606. The molecule has 0 spiro atoms. The Kier molecular flexibility index (Phi) is 10.8. The maximum Gasteiger partial charge on any atom is 0.256 e. The number of amides is 2. The van der Waals surface area contributed by atoms with Crippen molar-refractivity contribution >= 4 is 79.1 Å². The number of aromatic amines is 2. The molecule has 0 unspecified atom stereocenters. The predicted molar refractivity (Wildman–Crippen MR) is 258 cm³/mol. The van der Waals surface area contributed by atoms with Gasteiger partial charge in [0.15, 0.2) is 5.88 Å². The third-order valence-electron chi connectivity index (χ3n) is 10.9. The van der Waals surface area contributed by atoms with Gasteiger partial charge in [-0.15, -0.1) is 22.7 Å². The van der Waals surface area contributed by atoms with E-state index >= 15 is 0 Å². The molecule has 2 aliphatic heterocycles. The first kappa shape index (κ1) is 39.3. The molecular formula is C52H38N6O3S2. The van der Waals surface area contributed by atoms with Crippen molar-refractivity contribution in [3.05, 3.63) is 186 Å². The van der Waals surface area contributed by atoms with E-state index in [-0.39, 0.29) is 11.8 Å². The van der Waals surface area contributed by atoms with Crippen LogP contribution in [-0.2, 0) is 16.0 Å². The summed E-state index contributed by atoms with van der Waals surface area (Å²) in [5.74, 6) is 0.806. The Hall–Kier alpha value is -7.86. The summed E-state index contributed by atoms with van der Waals surface area (Å²) in [5.41, 5.74) is 11.4. The Balaban J connectivity index is 0.000000126. The summed E-state index contributed by atoms with van der Waals surface area (Å²) < 4.78 is 5.11. The molecule has 12 rings (SSSR count). The highest BCUT2D eigenvalue weighted by molar-refractivity contribution is 7.13. The molecule has 0 saturated heterocycles. The molecule has 4 N–H and O–H groups in total. The fourth-order valence-electron chi connectivity index (χ4n) is 7.70. The number of benzene rings is 6. The van der Waals surface area contributed by atoms with Gasteiger partial charge in [0, 0.05) is 84.2 Å². The molecule has 11 heteroatoms. The van der Waals surface area contributed by atoms with Crippen molar-refractivity contribution in [2.24, 2.45) is 0 Å². The van der Waals surface area contributed by atoms with E-state index in [0.717, 1.165) is 93.9 Å². The van der Waals surface area contributed by atoms with Gasteiger partial charge in [0.1, 0.15) is 10.0 Å². The highest BCUT2D eigenvalue weighted by Gasteiger charge is 2.25. The topological polar surface area (TPSA) is 125 Å². The molecule has 0 radical (unpaired) electrons. The number of hydrogen-bond acceptors (Lipinski definition) is 7. The first-order valence-corrected chi connectivity index (χ1v) is 22.0. The zero-order chi connectivity index (χ0) is 42.7. The first-order valence-electron chi connectivity index (χ1n) is 20.3. The van der Waals surface area contributed by atoms with E-state index in [9.17, 15) is 9.59 Å². The Morgan fingerprint density at radius 3 is 1.83 bits per heavy atom. The molecule has 0 saturated carbocycles. The van der Waals surface area contributed by atoms with Crippen molar-refractivity contribution in [2.45, 2.75) is 6.42 Å². The van der Waals surface area contributed by atoms with Crippen LogP contribution >= 0.6 is 22.7 Å². The van der Waals surface area contributed by atoms with Gasteiger partial charge in [0.05, 0.1) is 30.5 Å². The Labute approximate surface area is 370 Å². The lowest BCUT2D eigenvalue weighted by atomic mass is 10.0. The van der Waals surface area contributed by atoms with E-state index in [1.54, 1.807) is 29.8 Å². The largest absolute Gasteiger partial charge is 0.482 e. The highest BCUT2D eigenvalue weighted by atomic mass is 32.1. The van der Waals surface area contributed by atoms with Crippen molar-refractivity contribution in [1.29, 1.82) is 0 Å². The highest BCUT2D eigenvalue weighted by Crippen LogP contribution is 2.38. The number of H-pyrrole nitrogens is 2. The molecule has 4 aromatic heterocycles. The fraction of sp³-hybridized carbons (Fsp3) is 0.0385. The molecule has 0 aliphatic carbocycles. The lowest BCUT2D eigenvalue weighted by molar-refractivity contribution is -0.115. The monoisotopic (exact) mass is 858 g/mol. The van der Waals surface area contributed by atoms with E-state index in [1.165, 1.54) is 5.39 Å². The molecule has 10 aromatic rings. The Morgan fingerprint density at radius 1 is 0.587 bits per heavy atom. The minimum atomic E-state index is -0.0888. The second-order valence-corrected chi connectivity index (χ2v) is 16.6. The predicted octanol–water partition coefficient (Wildman–Crippen LogP) is 12.6. The maximum absolute atomic E-state index is 12.7. The van der Waals surface area contributed by atoms with Gasteiger partial charge in [-0.3, -0.25) is 9.59 Å². The molecule has 0 bridgehead atoms. The molecule has 0 fully saturated rings. The number of nitrogens with one attached hydrogen (secondary N) is 4. The van der Waals surface area contributed by atoms with E-state index in [2.05, 4.69) is 73.8 Å². The molecule has 2 amide bonds. The van der Waals surface area contributed by atoms with Crippen LogP contribution in [0.3, 0.4) is 0 Å². The van der Waals surface area contributed by atoms with Crippen molar-refractivity contribution in [2.75, 3.05) is 17.7 Å². The van der Waals surface area contributed by atoms with Crippen LogP contribution in [-0.4, -0.2) is 38.9 Å². The maximum atomic E-state index is 12.7. The van der Waals surface area contributed by atoms with Crippen molar-refractivity contribution in [3.63, 3.8) is 0 Å². The van der Waals surface area contributed by atoms with Crippen LogP contribution in [0.25, 0.3) is 76.9 Å². The van der Waals surface area contributed by atoms with E-state index < -0.39 is 0 Å². The SMILES string of the molecule is COc1[nH]cc2ccccc12.O=C1Cc2cc(-c3csc(-c4ccccc4)n3)ccc2N1.O=C1Nc2ccc(-c3csc(-c4ccccc4)n3)cc2/C1=C/c1[nH]cc2ccccc12. The summed E-state index contributed by atoms with van der Waals surface area (Å²) in [6.07, 6.45) is 6.29. The Bertz CT molecular complexity index is 3310. The minimum Gasteiger partial charge on any atom is -0.482 e. The third kappa shape index (κ3) is 8.18. The number of anilines is 2. The molecule has 6 heterocycles. The quantitative estimate of drug-likeness (QED) is 0.124. The lowest BCUT2D eigenvalue weighted by Crippen LogP contribution is -2.03. The number of methoxy groups -OCH3 is 1. The molecule has 0 atom stereocenters. The normalized spacial score (nSPS) is 13.1. The van der Waals surface area contributed by atoms with Crippen LogP contribution in [0, 0.1) is 0 Å². The van der Waals surface area contributed by atoms with Crippen molar-refractivity contribution < 1.29 is 14.3 Å². The van der Waals surface area contributed by atoms with Crippen LogP contribution in [0.4, 0.5) is 11.4 Å². The second-order valence-electron chi connectivity index (χ2n) is 14.9. The van der Waals surface area contributed by atoms with Crippen molar-refractivity contribution in [1.82, 2.24) is 19.9 Å². The van der Waals surface area contributed by atoms with Gasteiger partial charge in [-0.2, -0.15) is 0 Å². The average molecular weight is 859 g/mol.